The van der Waals surface area contributed by atoms with E-state index < -0.39 is 0 Å². The molecule has 0 aliphatic carbocycles. The van der Waals surface area contributed by atoms with Gasteiger partial charge in [0.05, 0.1) is 5.69 Å². The Kier molecular flexibility index (Phi) is 2.77. The van der Waals surface area contributed by atoms with E-state index in [0.29, 0.717) is 5.69 Å². The van der Waals surface area contributed by atoms with Gasteiger partial charge in [-0.3, -0.25) is 0 Å². The molecule has 0 bridgehead atoms. The molecule has 1 aromatic rings. The van der Waals surface area contributed by atoms with Crippen molar-refractivity contribution < 1.29 is 0 Å². The Morgan fingerprint density at radius 1 is 1.38 bits per heavy atom. The van der Waals surface area contributed by atoms with Crippen LogP contribution < -0.4 is 4.90 Å². The summed E-state index contributed by atoms with van der Waals surface area (Å²) < 4.78 is 0. The van der Waals surface area contributed by atoms with Crippen molar-refractivity contribution in [1.82, 2.24) is 0 Å². The summed E-state index contributed by atoms with van der Waals surface area (Å²) in [7, 11) is 3.84. The number of rotatable bonds is 2. The number of hydrogen-bond acceptors (Lipinski definition) is 2. The molecule has 1 rings (SSSR count). The minimum absolute atomic E-state index is 0.674. The molecule has 0 spiro atoms. The highest BCUT2D eigenvalue weighted by molar-refractivity contribution is 5.67. The lowest BCUT2D eigenvalue weighted by atomic mass is 10.2. The van der Waals surface area contributed by atoms with E-state index in [1.165, 1.54) is 0 Å². The van der Waals surface area contributed by atoms with Crippen LogP contribution in [0.25, 0.3) is 10.4 Å². The van der Waals surface area contributed by atoms with Crippen LogP contribution >= 0.6 is 0 Å². The minimum Gasteiger partial charge on any atom is -0.377 e. The molecule has 0 amide bonds. The monoisotopic (exact) mass is 176 g/mol. The van der Waals surface area contributed by atoms with E-state index in [-0.39, 0.29) is 0 Å². The Balaban J connectivity index is 3.26. The summed E-state index contributed by atoms with van der Waals surface area (Å²) in [5.74, 6) is 0. The van der Waals surface area contributed by atoms with Crippen molar-refractivity contribution in [2.75, 3.05) is 19.0 Å². The fraction of sp³-hybridized carbons (Fsp3) is 0.333. The number of hydrogen-bond donors (Lipinski definition) is 0. The highest BCUT2D eigenvalue weighted by Crippen LogP contribution is 2.28. The van der Waals surface area contributed by atoms with Crippen molar-refractivity contribution in [2.45, 2.75) is 6.92 Å². The third kappa shape index (κ3) is 2.13. The molecule has 0 saturated heterocycles. The largest absolute Gasteiger partial charge is 0.377 e. The van der Waals surface area contributed by atoms with E-state index in [0.717, 1.165) is 11.3 Å². The van der Waals surface area contributed by atoms with E-state index in [2.05, 4.69) is 10.0 Å². The van der Waals surface area contributed by atoms with Gasteiger partial charge in [-0.2, -0.15) is 0 Å². The smallest absolute Gasteiger partial charge is 0.0611 e. The number of azide groups is 1. The number of benzene rings is 1. The molecule has 0 fully saturated rings. The Hall–Kier alpha value is -1.67. The lowest BCUT2D eigenvalue weighted by Crippen LogP contribution is -2.08. The van der Waals surface area contributed by atoms with E-state index in [1.54, 1.807) is 0 Å². The molecule has 4 nitrogen and oxygen atoms in total. The molecule has 68 valence electrons. The molecule has 4 heteroatoms. The molecule has 0 N–H and O–H groups in total. The summed E-state index contributed by atoms with van der Waals surface area (Å²) in [6, 6.07) is 5.81. The first kappa shape index (κ1) is 9.42. The Morgan fingerprint density at radius 3 is 2.62 bits per heavy atom. The van der Waals surface area contributed by atoms with Crippen molar-refractivity contribution in [2.24, 2.45) is 5.11 Å². The Morgan fingerprint density at radius 2 is 2.08 bits per heavy atom. The van der Waals surface area contributed by atoms with Gasteiger partial charge in [0.2, 0.25) is 0 Å². The van der Waals surface area contributed by atoms with E-state index in [9.17, 15) is 0 Å². The first-order valence-corrected chi connectivity index (χ1v) is 3.98. The van der Waals surface area contributed by atoms with E-state index in [4.69, 9.17) is 5.53 Å². The summed E-state index contributed by atoms with van der Waals surface area (Å²) in [6.07, 6.45) is 0. The summed E-state index contributed by atoms with van der Waals surface area (Å²) in [6.45, 7) is 1.97. The van der Waals surface area contributed by atoms with Gasteiger partial charge in [0.25, 0.3) is 0 Å². The van der Waals surface area contributed by atoms with Gasteiger partial charge >= 0.3 is 0 Å². The third-order valence-corrected chi connectivity index (χ3v) is 1.77. The molecule has 0 saturated carbocycles. The minimum atomic E-state index is 0.674. The van der Waals surface area contributed by atoms with Crippen molar-refractivity contribution in [1.29, 1.82) is 0 Å². The van der Waals surface area contributed by atoms with Crippen LogP contribution in [0.15, 0.2) is 23.3 Å². The van der Waals surface area contributed by atoms with Crippen molar-refractivity contribution in [3.8, 4) is 0 Å². The molecular weight excluding hydrogens is 164 g/mol. The predicted molar refractivity (Wildman–Crippen MR) is 54.3 cm³/mol. The summed E-state index contributed by atoms with van der Waals surface area (Å²) in [5, 5.41) is 3.63. The van der Waals surface area contributed by atoms with Crippen LogP contribution in [-0.4, -0.2) is 14.1 Å². The number of nitrogens with zero attached hydrogens (tertiary/aromatic N) is 4. The zero-order chi connectivity index (χ0) is 9.84. The Bertz CT molecular complexity index is 351. The molecule has 0 aliphatic rings. The molecule has 0 heterocycles. The molecule has 0 aliphatic heterocycles. The number of aryl methyl sites for hydroxylation is 1. The maximum atomic E-state index is 8.36. The van der Waals surface area contributed by atoms with E-state index in [1.807, 2.05) is 44.1 Å². The van der Waals surface area contributed by atoms with Gasteiger partial charge in [-0.15, -0.1) is 0 Å². The van der Waals surface area contributed by atoms with Crippen LogP contribution in [-0.2, 0) is 0 Å². The van der Waals surface area contributed by atoms with E-state index >= 15 is 0 Å². The summed E-state index contributed by atoms with van der Waals surface area (Å²) in [4.78, 5) is 4.71. The molecule has 0 atom stereocenters. The van der Waals surface area contributed by atoms with Gasteiger partial charge in [0.1, 0.15) is 0 Å². The van der Waals surface area contributed by atoms with Gasteiger partial charge < -0.3 is 4.90 Å². The maximum absolute atomic E-state index is 8.36. The molecule has 0 aromatic heterocycles. The fourth-order valence-corrected chi connectivity index (χ4v) is 1.14. The second-order valence-electron chi connectivity index (χ2n) is 3.08. The zero-order valence-electron chi connectivity index (χ0n) is 8.02. The molecule has 13 heavy (non-hydrogen) atoms. The molecule has 1 aromatic carbocycles. The van der Waals surface area contributed by atoms with Crippen LogP contribution in [0.5, 0.6) is 0 Å². The SMILES string of the molecule is Cc1ccc(N(C)C)c(N=[N+]=[N-])c1. The second kappa shape index (κ2) is 3.83. The quantitative estimate of drug-likeness (QED) is 0.388. The molecule has 0 radical (unpaired) electrons. The van der Waals surface area contributed by atoms with Crippen molar-refractivity contribution >= 4 is 11.4 Å². The lowest BCUT2D eigenvalue weighted by Gasteiger charge is -2.15. The molecule has 0 unspecified atom stereocenters. The normalized spacial score (nSPS) is 9.15. The first-order chi connectivity index (χ1) is 6.15. The highest BCUT2D eigenvalue weighted by atomic mass is 15.2. The lowest BCUT2D eigenvalue weighted by molar-refractivity contribution is 1.12. The van der Waals surface area contributed by atoms with Crippen molar-refractivity contribution in [3.63, 3.8) is 0 Å². The van der Waals surface area contributed by atoms with Crippen LogP contribution in [0, 0.1) is 6.92 Å². The van der Waals surface area contributed by atoms with Crippen LogP contribution in [0.4, 0.5) is 11.4 Å². The predicted octanol–water partition coefficient (Wildman–Crippen LogP) is 3.00. The topological polar surface area (TPSA) is 52.0 Å². The average molecular weight is 176 g/mol. The molecular formula is C9H12N4. The third-order valence-electron chi connectivity index (χ3n) is 1.77. The second-order valence-corrected chi connectivity index (χ2v) is 3.08. The number of anilines is 1. The Labute approximate surface area is 77.4 Å². The standard InChI is InChI=1S/C9H12N4/c1-7-4-5-9(13(2)3)8(6-7)11-12-10/h4-6H,1-3H3. The van der Waals surface area contributed by atoms with Crippen LogP contribution in [0.1, 0.15) is 5.56 Å². The van der Waals surface area contributed by atoms with Gasteiger partial charge in [-0.1, -0.05) is 16.7 Å². The van der Waals surface area contributed by atoms with Crippen LogP contribution in [0.3, 0.4) is 0 Å². The maximum Gasteiger partial charge on any atom is 0.0611 e. The fourth-order valence-electron chi connectivity index (χ4n) is 1.14. The first-order valence-electron chi connectivity index (χ1n) is 3.98. The highest BCUT2D eigenvalue weighted by Gasteiger charge is 2.01. The summed E-state index contributed by atoms with van der Waals surface area (Å²) in [5.41, 5.74) is 11.1. The average Bonchev–Trinajstić information content (AvgIpc) is 2.04. The van der Waals surface area contributed by atoms with Gasteiger partial charge in [0, 0.05) is 24.7 Å². The summed E-state index contributed by atoms with van der Waals surface area (Å²) >= 11 is 0. The van der Waals surface area contributed by atoms with Crippen LogP contribution in [0.2, 0.25) is 0 Å². The zero-order valence-corrected chi connectivity index (χ0v) is 8.02. The van der Waals surface area contributed by atoms with Gasteiger partial charge in [-0.25, -0.2) is 0 Å². The van der Waals surface area contributed by atoms with Gasteiger partial charge in [-0.05, 0) is 24.6 Å². The van der Waals surface area contributed by atoms with Crippen molar-refractivity contribution in [3.05, 3.63) is 34.2 Å². The van der Waals surface area contributed by atoms with Gasteiger partial charge in [0.15, 0.2) is 0 Å².